The Labute approximate surface area is 108 Å². The van der Waals surface area contributed by atoms with Crippen molar-refractivity contribution in [2.24, 2.45) is 0 Å². The maximum absolute atomic E-state index is 8.82. The summed E-state index contributed by atoms with van der Waals surface area (Å²) in [6, 6.07) is 9.57. The topological polar surface area (TPSA) is 52.8 Å². The normalized spacial score (nSPS) is 9.94. The summed E-state index contributed by atoms with van der Waals surface area (Å²) in [6.45, 7) is 0.640. The lowest BCUT2D eigenvalue weighted by Gasteiger charge is -2.16. The number of nitriles is 1. The highest BCUT2D eigenvalue weighted by molar-refractivity contribution is 6.99. The number of aromatic nitrogens is 2. The van der Waals surface area contributed by atoms with Crippen molar-refractivity contribution < 1.29 is 0 Å². The molecule has 0 unspecified atom stereocenters. The van der Waals surface area contributed by atoms with Gasteiger partial charge in [-0.15, -0.1) is 0 Å². The van der Waals surface area contributed by atoms with Crippen LogP contribution in [0.25, 0.3) is 0 Å². The van der Waals surface area contributed by atoms with Crippen LogP contribution in [-0.2, 0) is 6.54 Å². The van der Waals surface area contributed by atoms with Gasteiger partial charge in [-0.25, -0.2) is 0 Å². The Hall–Kier alpha value is -1.64. The van der Waals surface area contributed by atoms with Gasteiger partial charge < -0.3 is 4.90 Å². The van der Waals surface area contributed by atoms with Crippen LogP contribution in [0.1, 0.15) is 11.1 Å². The van der Waals surface area contributed by atoms with E-state index in [1.807, 2.05) is 30.1 Å². The van der Waals surface area contributed by atoms with E-state index in [1.165, 1.54) is 0 Å². The lowest BCUT2D eigenvalue weighted by atomic mass is 10.1. The van der Waals surface area contributed by atoms with Crippen molar-refractivity contribution in [1.82, 2.24) is 8.75 Å². The van der Waals surface area contributed by atoms with Gasteiger partial charge in [0, 0.05) is 13.6 Å². The standard InChI is InChI=1S/C11H9ClN4S/c1-16(11-10(12)14-17-15-11)7-9-4-2-3-8(5-9)6-13/h2-5H,7H2,1H3. The Morgan fingerprint density at radius 1 is 1.47 bits per heavy atom. The molecule has 0 N–H and O–H groups in total. The van der Waals surface area contributed by atoms with Crippen molar-refractivity contribution in [3.8, 4) is 6.07 Å². The first kappa shape index (κ1) is 11.8. The fraction of sp³-hybridized carbons (Fsp3) is 0.182. The summed E-state index contributed by atoms with van der Waals surface area (Å²) in [6.07, 6.45) is 0. The van der Waals surface area contributed by atoms with E-state index in [0.717, 1.165) is 17.3 Å². The number of hydrogen-bond acceptors (Lipinski definition) is 5. The van der Waals surface area contributed by atoms with Crippen molar-refractivity contribution in [2.45, 2.75) is 6.54 Å². The van der Waals surface area contributed by atoms with Crippen LogP contribution in [0.5, 0.6) is 0 Å². The van der Waals surface area contributed by atoms with E-state index in [0.29, 0.717) is 23.1 Å². The molecule has 0 radical (unpaired) electrons. The maximum Gasteiger partial charge on any atom is 0.187 e. The van der Waals surface area contributed by atoms with Crippen LogP contribution in [0.3, 0.4) is 0 Å². The van der Waals surface area contributed by atoms with Crippen LogP contribution < -0.4 is 4.90 Å². The minimum atomic E-state index is 0.411. The zero-order chi connectivity index (χ0) is 12.3. The lowest BCUT2D eigenvalue weighted by molar-refractivity contribution is 0.907. The number of anilines is 1. The molecular formula is C11H9ClN4S. The second-order valence-electron chi connectivity index (χ2n) is 3.55. The molecule has 0 amide bonds. The second kappa shape index (κ2) is 5.13. The Kier molecular flexibility index (Phi) is 3.57. The van der Waals surface area contributed by atoms with Crippen LogP contribution in [0.4, 0.5) is 5.82 Å². The molecule has 0 atom stereocenters. The number of rotatable bonds is 3. The third-order valence-corrected chi connectivity index (χ3v) is 3.14. The molecule has 1 aromatic carbocycles. The molecule has 0 saturated carbocycles. The average Bonchev–Trinajstić information content (AvgIpc) is 2.76. The summed E-state index contributed by atoms with van der Waals surface area (Å²) in [4.78, 5) is 1.91. The average molecular weight is 265 g/mol. The largest absolute Gasteiger partial charge is 0.352 e. The molecule has 0 spiro atoms. The monoisotopic (exact) mass is 264 g/mol. The summed E-state index contributed by atoms with van der Waals surface area (Å²) in [5, 5.41) is 9.23. The van der Waals surface area contributed by atoms with Gasteiger partial charge in [0.25, 0.3) is 0 Å². The predicted octanol–water partition coefficient (Wildman–Crippen LogP) is 2.70. The van der Waals surface area contributed by atoms with Gasteiger partial charge in [0.15, 0.2) is 11.0 Å². The maximum atomic E-state index is 8.82. The van der Waals surface area contributed by atoms with E-state index < -0.39 is 0 Å². The highest BCUT2D eigenvalue weighted by atomic mass is 35.5. The predicted molar refractivity (Wildman–Crippen MR) is 68.2 cm³/mol. The van der Waals surface area contributed by atoms with Crippen LogP contribution in [-0.4, -0.2) is 15.8 Å². The first-order valence-corrected chi connectivity index (χ1v) is 6.00. The Morgan fingerprint density at radius 2 is 2.29 bits per heavy atom. The smallest absolute Gasteiger partial charge is 0.187 e. The summed E-state index contributed by atoms with van der Waals surface area (Å²) in [7, 11) is 1.89. The minimum absolute atomic E-state index is 0.411. The van der Waals surface area contributed by atoms with Crippen LogP contribution >= 0.6 is 23.3 Å². The molecule has 2 aromatic rings. The molecule has 17 heavy (non-hydrogen) atoms. The van der Waals surface area contributed by atoms with E-state index in [9.17, 15) is 0 Å². The molecule has 0 aliphatic rings. The minimum Gasteiger partial charge on any atom is -0.352 e. The molecule has 0 fully saturated rings. The molecule has 0 aliphatic heterocycles. The first-order valence-electron chi connectivity index (χ1n) is 4.89. The van der Waals surface area contributed by atoms with Crippen molar-refractivity contribution in [2.75, 3.05) is 11.9 Å². The van der Waals surface area contributed by atoms with E-state index >= 15 is 0 Å². The van der Waals surface area contributed by atoms with E-state index in [2.05, 4.69) is 14.8 Å². The van der Waals surface area contributed by atoms with Gasteiger partial charge in [0.2, 0.25) is 0 Å². The van der Waals surface area contributed by atoms with Gasteiger partial charge in [-0.1, -0.05) is 23.7 Å². The third-order valence-electron chi connectivity index (χ3n) is 2.27. The summed E-state index contributed by atoms with van der Waals surface area (Å²) >= 11 is 6.99. The Balaban J connectivity index is 2.16. The molecule has 86 valence electrons. The zero-order valence-electron chi connectivity index (χ0n) is 9.09. The SMILES string of the molecule is CN(Cc1cccc(C#N)c1)c1nsnc1Cl. The molecule has 4 nitrogen and oxygen atoms in total. The number of hydrogen-bond donors (Lipinski definition) is 0. The van der Waals surface area contributed by atoms with E-state index in [1.54, 1.807) is 6.07 Å². The molecular weight excluding hydrogens is 256 g/mol. The highest BCUT2D eigenvalue weighted by Crippen LogP contribution is 2.23. The van der Waals surface area contributed by atoms with Crippen molar-refractivity contribution in [1.29, 1.82) is 5.26 Å². The summed E-state index contributed by atoms with van der Waals surface area (Å²) < 4.78 is 8.03. The van der Waals surface area contributed by atoms with Gasteiger partial charge >= 0.3 is 0 Å². The van der Waals surface area contributed by atoms with E-state index in [-0.39, 0.29) is 0 Å². The second-order valence-corrected chi connectivity index (χ2v) is 4.43. The van der Waals surface area contributed by atoms with E-state index in [4.69, 9.17) is 16.9 Å². The molecule has 0 saturated heterocycles. The van der Waals surface area contributed by atoms with Gasteiger partial charge in [-0.2, -0.15) is 14.0 Å². The quantitative estimate of drug-likeness (QED) is 0.855. The number of benzene rings is 1. The fourth-order valence-corrected chi connectivity index (χ4v) is 2.32. The number of halogens is 1. The lowest BCUT2D eigenvalue weighted by Crippen LogP contribution is -2.17. The van der Waals surface area contributed by atoms with Crippen LogP contribution in [0.2, 0.25) is 5.15 Å². The zero-order valence-corrected chi connectivity index (χ0v) is 10.7. The van der Waals surface area contributed by atoms with Gasteiger partial charge in [0.1, 0.15) is 0 Å². The molecule has 2 rings (SSSR count). The Morgan fingerprint density at radius 3 is 2.94 bits per heavy atom. The van der Waals surface area contributed by atoms with Crippen molar-refractivity contribution >= 4 is 29.1 Å². The Bertz CT molecular complexity index is 561. The van der Waals surface area contributed by atoms with Gasteiger partial charge in [0.05, 0.1) is 23.4 Å². The van der Waals surface area contributed by atoms with Crippen LogP contribution in [0, 0.1) is 11.3 Å². The third kappa shape index (κ3) is 2.73. The summed E-state index contributed by atoms with van der Waals surface area (Å²) in [5.74, 6) is 0.666. The van der Waals surface area contributed by atoms with Crippen molar-refractivity contribution in [3.05, 3.63) is 40.5 Å². The molecule has 0 bridgehead atoms. The highest BCUT2D eigenvalue weighted by Gasteiger charge is 2.11. The molecule has 0 aliphatic carbocycles. The fourth-order valence-electron chi connectivity index (χ4n) is 1.49. The summed E-state index contributed by atoms with van der Waals surface area (Å²) in [5.41, 5.74) is 1.69. The van der Waals surface area contributed by atoms with Crippen LogP contribution in [0.15, 0.2) is 24.3 Å². The first-order chi connectivity index (χ1) is 8.20. The molecule has 1 aromatic heterocycles. The molecule has 1 heterocycles. The number of nitrogens with zero attached hydrogens (tertiary/aromatic N) is 4. The van der Waals surface area contributed by atoms with Crippen molar-refractivity contribution in [3.63, 3.8) is 0 Å². The molecule has 6 heteroatoms. The van der Waals surface area contributed by atoms with Gasteiger partial charge in [-0.3, -0.25) is 0 Å². The van der Waals surface area contributed by atoms with Gasteiger partial charge in [-0.05, 0) is 17.7 Å².